The Morgan fingerprint density at radius 3 is 2.43 bits per heavy atom. The Kier molecular flexibility index (Phi) is 4.18. The summed E-state index contributed by atoms with van der Waals surface area (Å²) in [6, 6.07) is 0. The predicted octanol–water partition coefficient (Wildman–Crippen LogP) is 2.01. The first-order valence-electron chi connectivity index (χ1n) is 7.26. The van der Waals surface area contributed by atoms with Crippen molar-refractivity contribution in [3.8, 4) is 0 Å². The molecule has 2 aromatic rings. The molecule has 0 saturated heterocycles. The molecule has 6 heteroatoms. The molecule has 2 rings (SSSR count). The minimum Gasteiger partial charge on any atom is -0.385 e. The average Bonchev–Trinajstić information content (AvgIpc) is 2.82. The van der Waals surface area contributed by atoms with Crippen LogP contribution in [0.1, 0.15) is 56.7 Å². The van der Waals surface area contributed by atoms with E-state index in [9.17, 15) is 5.11 Å². The van der Waals surface area contributed by atoms with Crippen LogP contribution in [0.4, 0.5) is 0 Å². The molecule has 2 aromatic heterocycles. The first-order valence-corrected chi connectivity index (χ1v) is 7.26. The second kappa shape index (κ2) is 5.60. The summed E-state index contributed by atoms with van der Waals surface area (Å²) >= 11 is 0. The molecule has 0 fully saturated rings. The van der Waals surface area contributed by atoms with Crippen LogP contribution in [0.15, 0.2) is 6.20 Å². The van der Waals surface area contributed by atoms with Crippen LogP contribution in [0.5, 0.6) is 0 Å². The van der Waals surface area contributed by atoms with E-state index >= 15 is 0 Å². The highest BCUT2D eigenvalue weighted by Crippen LogP contribution is 2.20. The van der Waals surface area contributed by atoms with Gasteiger partial charge in [-0.25, -0.2) is 9.67 Å². The summed E-state index contributed by atoms with van der Waals surface area (Å²) in [5.74, 6) is 1.35. The normalized spacial score (nSPS) is 13.7. The molecule has 0 amide bonds. The van der Waals surface area contributed by atoms with Crippen molar-refractivity contribution in [2.45, 2.75) is 53.7 Å². The minimum atomic E-state index is -0.653. The lowest BCUT2D eigenvalue weighted by molar-refractivity contribution is 0.187. The Balaban J connectivity index is 2.34. The Hall–Kier alpha value is -1.69. The van der Waals surface area contributed by atoms with Gasteiger partial charge in [-0.3, -0.25) is 4.68 Å². The van der Waals surface area contributed by atoms with Crippen LogP contribution in [0.25, 0.3) is 0 Å². The molecular formula is C15H25N5O. The molecule has 2 heterocycles. The highest BCUT2D eigenvalue weighted by atomic mass is 16.3. The molecule has 0 radical (unpaired) electrons. The SMILES string of the molecule is Cc1nn(C)cc1Cc1nc(C(C)O)nn1CC(C)(C)C. The monoisotopic (exact) mass is 291 g/mol. The van der Waals surface area contributed by atoms with E-state index in [2.05, 4.69) is 36.0 Å². The van der Waals surface area contributed by atoms with Crippen molar-refractivity contribution < 1.29 is 5.11 Å². The second-order valence-electron chi connectivity index (χ2n) is 6.87. The van der Waals surface area contributed by atoms with E-state index < -0.39 is 6.10 Å². The molecule has 0 bridgehead atoms. The van der Waals surface area contributed by atoms with Crippen molar-refractivity contribution in [3.05, 3.63) is 29.1 Å². The molecule has 6 nitrogen and oxygen atoms in total. The van der Waals surface area contributed by atoms with Crippen LogP contribution >= 0.6 is 0 Å². The number of rotatable bonds is 4. The maximum atomic E-state index is 9.73. The zero-order chi connectivity index (χ0) is 15.8. The Bertz CT molecular complexity index is 619. The highest BCUT2D eigenvalue weighted by Gasteiger charge is 2.20. The summed E-state index contributed by atoms with van der Waals surface area (Å²) < 4.78 is 3.72. The fourth-order valence-electron chi connectivity index (χ4n) is 2.27. The summed E-state index contributed by atoms with van der Waals surface area (Å²) in [5, 5.41) is 18.5. The first-order chi connectivity index (χ1) is 9.65. The lowest BCUT2D eigenvalue weighted by Crippen LogP contribution is -2.19. The van der Waals surface area contributed by atoms with Gasteiger partial charge in [0.15, 0.2) is 5.82 Å². The molecule has 1 atom stereocenters. The van der Waals surface area contributed by atoms with Gasteiger partial charge < -0.3 is 5.11 Å². The van der Waals surface area contributed by atoms with Gasteiger partial charge in [-0.1, -0.05) is 20.8 Å². The van der Waals surface area contributed by atoms with E-state index in [1.54, 1.807) is 6.92 Å². The van der Waals surface area contributed by atoms with Gasteiger partial charge >= 0.3 is 0 Å². The van der Waals surface area contributed by atoms with Crippen molar-refractivity contribution in [1.29, 1.82) is 0 Å². The number of aryl methyl sites for hydroxylation is 2. The zero-order valence-corrected chi connectivity index (χ0v) is 13.8. The number of aliphatic hydroxyl groups is 1. The Morgan fingerprint density at radius 1 is 1.29 bits per heavy atom. The maximum Gasteiger partial charge on any atom is 0.179 e. The molecule has 21 heavy (non-hydrogen) atoms. The number of hydrogen-bond donors (Lipinski definition) is 1. The van der Waals surface area contributed by atoms with Crippen LogP contribution in [0, 0.1) is 12.3 Å². The van der Waals surface area contributed by atoms with E-state index in [4.69, 9.17) is 0 Å². The fraction of sp³-hybridized carbons (Fsp3) is 0.667. The van der Waals surface area contributed by atoms with Gasteiger partial charge in [0.05, 0.1) is 5.69 Å². The summed E-state index contributed by atoms with van der Waals surface area (Å²) in [4.78, 5) is 4.50. The van der Waals surface area contributed by atoms with E-state index in [1.807, 2.05) is 29.5 Å². The predicted molar refractivity (Wildman–Crippen MR) is 80.9 cm³/mol. The van der Waals surface area contributed by atoms with Gasteiger partial charge in [0.25, 0.3) is 0 Å². The van der Waals surface area contributed by atoms with Gasteiger partial charge in [-0.15, -0.1) is 0 Å². The van der Waals surface area contributed by atoms with E-state index in [0.29, 0.717) is 12.2 Å². The van der Waals surface area contributed by atoms with Gasteiger partial charge in [0.2, 0.25) is 0 Å². The molecule has 116 valence electrons. The first kappa shape index (κ1) is 15.7. The largest absolute Gasteiger partial charge is 0.385 e. The van der Waals surface area contributed by atoms with Crippen molar-refractivity contribution >= 4 is 0 Å². The number of aliphatic hydroxyl groups excluding tert-OH is 1. The Morgan fingerprint density at radius 2 is 1.95 bits per heavy atom. The molecule has 0 saturated carbocycles. The highest BCUT2D eigenvalue weighted by molar-refractivity contribution is 5.20. The molecule has 1 unspecified atom stereocenters. The molecule has 0 aromatic carbocycles. The van der Waals surface area contributed by atoms with E-state index in [-0.39, 0.29) is 5.41 Å². The van der Waals surface area contributed by atoms with E-state index in [1.165, 1.54) is 0 Å². The third-order valence-electron chi connectivity index (χ3n) is 3.23. The van der Waals surface area contributed by atoms with Gasteiger partial charge in [0.1, 0.15) is 11.9 Å². The van der Waals surface area contributed by atoms with Crippen molar-refractivity contribution in [3.63, 3.8) is 0 Å². The van der Waals surface area contributed by atoms with Crippen molar-refractivity contribution in [2.24, 2.45) is 12.5 Å². The Labute approximate surface area is 125 Å². The second-order valence-corrected chi connectivity index (χ2v) is 6.87. The van der Waals surface area contributed by atoms with Crippen molar-refractivity contribution in [2.75, 3.05) is 0 Å². The van der Waals surface area contributed by atoms with Crippen LogP contribution in [0.2, 0.25) is 0 Å². The number of nitrogens with zero attached hydrogens (tertiary/aromatic N) is 5. The number of aromatic nitrogens is 5. The van der Waals surface area contributed by atoms with Crippen LogP contribution < -0.4 is 0 Å². The minimum absolute atomic E-state index is 0.0996. The quantitative estimate of drug-likeness (QED) is 0.935. The summed E-state index contributed by atoms with van der Waals surface area (Å²) in [7, 11) is 1.91. The lowest BCUT2D eigenvalue weighted by Gasteiger charge is -2.19. The summed E-state index contributed by atoms with van der Waals surface area (Å²) in [5.41, 5.74) is 2.24. The third-order valence-corrected chi connectivity index (χ3v) is 3.23. The summed E-state index contributed by atoms with van der Waals surface area (Å²) in [6.45, 7) is 10.9. The lowest BCUT2D eigenvalue weighted by atomic mass is 9.97. The average molecular weight is 291 g/mol. The number of hydrogen-bond acceptors (Lipinski definition) is 4. The van der Waals surface area contributed by atoms with Crippen LogP contribution in [0.3, 0.4) is 0 Å². The topological polar surface area (TPSA) is 68.8 Å². The molecule has 0 aliphatic rings. The van der Waals surface area contributed by atoms with Crippen molar-refractivity contribution in [1.82, 2.24) is 24.5 Å². The molecule has 0 aliphatic heterocycles. The molecule has 1 N–H and O–H groups in total. The summed E-state index contributed by atoms with van der Waals surface area (Å²) in [6.07, 6.45) is 2.03. The van der Waals surface area contributed by atoms with Gasteiger partial charge in [-0.2, -0.15) is 10.2 Å². The molecular weight excluding hydrogens is 266 g/mol. The molecule has 0 spiro atoms. The van der Waals surface area contributed by atoms with Crippen LogP contribution in [-0.4, -0.2) is 29.7 Å². The van der Waals surface area contributed by atoms with Crippen LogP contribution in [-0.2, 0) is 20.0 Å². The van der Waals surface area contributed by atoms with Gasteiger partial charge in [-0.05, 0) is 19.3 Å². The standard InChI is InChI=1S/C15H25N5O/c1-10-12(8-19(6)17-10)7-13-16-14(11(2)21)18-20(13)9-15(3,4)5/h8,11,21H,7,9H2,1-6H3. The molecule has 0 aliphatic carbocycles. The zero-order valence-electron chi connectivity index (χ0n) is 13.8. The smallest absolute Gasteiger partial charge is 0.179 e. The van der Waals surface area contributed by atoms with E-state index in [0.717, 1.165) is 23.6 Å². The van der Waals surface area contributed by atoms with Gasteiger partial charge in [0, 0.05) is 31.8 Å². The maximum absolute atomic E-state index is 9.73. The third kappa shape index (κ3) is 3.91. The fourth-order valence-corrected chi connectivity index (χ4v) is 2.27.